The SMILES string of the molecule is CCOc1cc(N2CCN(C(C(=O)N(C)C)c3ccccc3)CC2)cc(C)c1C#N. The van der Waals surface area contributed by atoms with Crippen molar-refractivity contribution in [2.24, 2.45) is 0 Å². The van der Waals surface area contributed by atoms with Crippen molar-refractivity contribution in [3.8, 4) is 11.8 Å². The van der Waals surface area contributed by atoms with Crippen LogP contribution in [0.2, 0.25) is 0 Å². The van der Waals surface area contributed by atoms with Gasteiger partial charge in [0, 0.05) is 52.0 Å². The minimum absolute atomic E-state index is 0.0995. The molecule has 0 bridgehead atoms. The molecule has 0 aromatic heterocycles. The number of hydrogen-bond donors (Lipinski definition) is 0. The highest BCUT2D eigenvalue weighted by Gasteiger charge is 2.31. The lowest BCUT2D eigenvalue weighted by molar-refractivity contribution is -0.134. The molecule has 3 rings (SSSR count). The van der Waals surface area contributed by atoms with Crippen molar-refractivity contribution in [2.75, 3.05) is 51.8 Å². The summed E-state index contributed by atoms with van der Waals surface area (Å²) in [5.41, 5.74) is 3.60. The molecule has 6 nitrogen and oxygen atoms in total. The summed E-state index contributed by atoms with van der Waals surface area (Å²) < 4.78 is 5.71. The van der Waals surface area contributed by atoms with E-state index in [0.717, 1.165) is 43.0 Å². The third kappa shape index (κ3) is 4.58. The quantitative estimate of drug-likeness (QED) is 0.737. The van der Waals surface area contributed by atoms with Gasteiger partial charge in [-0.15, -0.1) is 0 Å². The van der Waals surface area contributed by atoms with Crippen LogP contribution in [0.15, 0.2) is 42.5 Å². The van der Waals surface area contributed by atoms with E-state index in [1.807, 2.05) is 64.3 Å². The lowest BCUT2D eigenvalue weighted by Crippen LogP contribution is -2.51. The number of ether oxygens (including phenoxy) is 1. The maximum Gasteiger partial charge on any atom is 0.244 e. The van der Waals surface area contributed by atoms with Crippen LogP contribution < -0.4 is 9.64 Å². The van der Waals surface area contributed by atoms with Crippen molar-refractivity contribution < 1.29 is 9.53 Å². The van der Waals surface area contributed by atoms with Gasteiger partial charge in [-0.1, -0.05) is 30.3 Å². The maximum atomic E-state index is 12.9. The number of amides is 1. The van der Waals surface area contributed by atoms with Crippen LogP contribution in [0.5, 0.6) is 5.75 Å². The fourth-order valence-corrected chi connectivity index (χ4v) is 3.96. The molecule has 158 valence electrons. The number of nitrogens with zero attached hydrogens (tertiary/aromatic N) is 4. The van der Waals surface area contributed by atoms with Gasteiger partial charge in [-0.2, -0.15) is 5.26 Å². The Labute approximate surface area is 179 Å². The Morgan fingerprint density at radius 2 is 1.83 bits per heavy atom. The molecule has 1 atom stereocenters. The first-order valence-corrected chi connectivity index (χ1v) is 10.4. The third-order valence-electron chi connectivity index (χ3n) is 5.53. The Balaban J connectivity index is 1.79. The van der Waals surface area contributed by atoms with Gasteiger partial charge in [0.15, 0.2) is 0 Å². The Morgan fingerprint density at radius 1 is 1.17 bits per heavy atom. The van der Waals surface area contributed by atoms with Crippen LogP contribution in [0, 0.1) is 18.3 Å². The second-order valence-electron chi connectivity index (χ2n) is 7.75. The number of benzene rings is 2. The van der Waals surface area contributed by atoms with Gasteiger partial charge < -0.3 is 14.5 Å². The van der Waals surface area contributed by atoms with E-state index in [4.69, 9.17) is 4.74 Å². The molecule has 0 aliphatic carbocycles. The molecule has 2 aromatic carbocycles. The normalized spacial score (nSPS) is 15.4. The smallest absolute Gasteiger partial charge is 0.244 e. The molecule has 0 saturated carbocycles. The highest BCUT2D eigenvalue weighted by molar-refractivity contribution is 5.83. The fourth-order valence-electron chi connectivity index (χ4n) is 3.96. The van der Waals surface area contributed by atoms with Crippen LogP contribution in [0.4, 0.5) is 5.69 Å². The number of anilines is 1. The molecule has 0 spiro atoms. The minimum Gasteiger partial charge on any atom is -0.492 e. The summed E-state index contributed by atoms with van der Waals surface area (Å²) >= 11 is 0. The summed E-state index contributed by atoms with van der Waals surface area (Å²) in [4.78, 5) is 19.2. The zero-order chi connectivity index (χ0) is 21.7. The lowest BCUT2D eigenvalue weighted by atomic mass is 10.0. The molecule has 1 saturated heterocycles. The molecule has 0 N–H and O–H groups in total. The van der Waals surface area contributed by atoms with Gasteiger partial charge in [-0.05, 0) is 31.0 Å². The first kappa shape index (κ1) is 21.7. The second kappa shape index (κ2) is 9.64. The first-order chi connectivity index (χ1) is 14.5. The summed E-state index contributed by atoms with van der Waals surface area (Å²) in [7, 11) is 3.62. The van der Waals surface area contributed by atoms with E-state index in [1.165, 1.54) is 0 Å². The average molecular weight is 407 g/mol. The summed E-state index contributed by atoms with van der Waals surface area (Å²) in [5.74, 6) is 0.741. The molecular weight excluding hydrogens is 376 g/mol. The van der Waals surface area contributed by atoms with E-state index in [0.29, 0.717) is 17.9 Å². The molecule has 1 aliphatic rings. The van der Waals surface area contributed by atoms with Crippen molar-refractivity contribution in [2.45, 2.75) is 19.9 Å². The number of carbonyl (C=O) groups is 1. The van der Waals surface area contributed by atoms with E-state index in [1.54, 1.807) is 4.90 Å². The van der Waals surface area contributed by atoms with Crippen molar-refractivity contribution >= 4 is 11.6 Å². The van der Waals surface area contributed by atoms with Gasteiger partial charge in [-0.25, -0.2) is 0 Å². The van der Waals surface area contributed by atoms with Crippen molar-refractivity contribution in [3.63, 3.8) is 0 Å². The van der Waals surface area contributed by atoms with Crippen LogP contribution in [-0.4, -0.2) is 62.6 Å². The van der Waals surface area contributed by atoms with Crippen molar-refractivity contribution in [1.82, 2.24) is 9.80 Å². The first-order valence-electron chi connectivity index (χ1n) is 10.4. The molecular formula is C24H30N4O2. The van der Waals surface area contributed by atoms with Gasteiger partial charge in [0.2, 0.25) is 5.91 Å². The second-order valence-corrected chi connectivity index (χ2v) is 7.75. The topological polar surface area (TPSA) is 59.8 Å². The minimum atomic E-state index is -0.273. The summed E-state index contributed by atoms with van der Waals surface area (Å²) in [6.07, 6.45) is 0. The van der Waals surface area contributed by atoms with E-state index in [2.05, 4.69) is 21.9 Å². The number of likely N-dealkylation sites (N-methyl/N-ethyl adjacent to an activating group) is 1. The number of piperazine rings is 1. The maximum absolute atomic E-state index is 12.9. The number of hydrogen-bond acceptors (Lipinski definition) is 5. The highest BCUT2D eigenvalue weighted by Crippen LogP contribution is 2.31. The van der Waals surface area contributed by atoms with Crippen molar-refractivity contribution in [1.29, 1.82) is 5.26 Å². The van der Waals surface area contributed by atoms with E-state index in [-0.39, 0.29) is 11.9 Å². The molecule has 1 amide bonds. The van der Waals surface area contributed by atoms with Gasteiger partial charge >= 0.3 is 0 Å². The van der Waals surface area contributed by atoms with E-state index < -0.39 is 0 Å². The van der Waals surface area contributed by atoms with Gasteiger partial charge in [0.25, 0.3) is 0 Å². The Bertz CT molecular complexity index is 913. The molecule has 1 fully saturated rings. The predicted octanol–water partition coefficient (Wildman–Crippen LogP) is 3.22. The van der Waals surface area contributed by atoms with E-state index in [9.17, 15) is 10.1 Å². The average Bonchev–Trinajstić information content (AvgIpc) is 2.75. The lowest BCUT2D eigenvalue weighted by Gasteiger charge is -2.40. The molecule has 1 unspecified atom stereocenters. The molecule has 1 heterocycles. The largest absolute Gasteiger partial charge is 0.492 e. The van der Waals surface area contributed by atoms with Crippen LogP contribution >= 0.6 is 0 Å². The highest BCUT2D eigenvalue weighted by atomic mass is 16.5. The van der Waals surface area contributed by atoms with Gasteiger partial charge in [-0.3, -0.25) is 9.69 Å². The predicted molar refractivity (Wildman–Crippen MR) is 119 cm³/mol. The van der Waals surface area contributed by atoms with Crippen LogP contribution in [-0.2, 0) is 4.79 Å². The summed E-state index contributed by atoms with van der Waals surface area (Å²) in [5, 5.41) is 9.44. The van der Waals surface area contributed by atoms with Crippen LogP contribution in [0.3, 0.4) is 0 Å². The number of carbonyl (C=O) groups excluding carboxylic acids is 1. The molecule has 6 heteroatoms. The number of aryl methyl sites for hydroxylation is 1. The monoisotopic (exact) mass is 406 g/mol. The zero-order valence-corrected chi connectivity index (χ0v) is 18.3. The zero-order valence-electron chi connectivity index (χ0n) is 18.3. The Hall–Kier alpha value is -3.04. The molecule has 0 radical (unpaired) electrons. The Morgan fingerprint density at radius 3 is 2.40 bits per heavy atom. The molecule has 2 aromatic rings. The standard InChI is InChI=1S/C24H30N4O2/c1-5-30-22-16-20(15-18(2)21(22)17-25)27-11-13-28(14-12-27)23(24(29)26(3)4)19-9-7-6-8-10-19/h6-10,15-16,23H,5,11-14H2,1-4H3. The summed E-state index contributed by atoms with van der Waals surface area (Å²) in [6, 6.07) is 16.0. The molecule has 30 heavy (non-hydrogen) atoms. The van der Waals surface area contributed by atoms with Crippen molar-refractivity contribution in [3.05, 3.63) is 59.2 Å². The Kier molecular flexibility index (Phi) is 6.96. The third-order valence-corrected chi connectivity index (χ3v) is 5.53. The number of rotatable bonds is 6. The summed E-state index contributed by atoms with van der Waals surface area (Å²) in [6.45, 7) is 7.57. The van der Waals surface area contributed by atoms with Gasteiger partial charge in [0.05, 0.1) is 12.2 Å². The van der Waals surface area contributed by atoms with Crippen LogP contribution in [0.25, 0.3) is 0 Å². The number of nitriles is 1. The van der Waals surface area contributed by atoms with Gasteiger partial charge in [0.1, 0.15) is 17.9 Å². The van der Waals surface area contributed by atoms with Crippen LogP contribution in [0.1, 0.15) is 29.7 Å². The van der Waals surface area contributed by atoms with E-state index >= 15 is 0 Å². The fraction of sp³-hybridized carbons (Fsp3) is 0.417. The molecule has 1 aliphatic heterocycles.